The molecule has 0 radical (unpaired) electrons. The van der Waals surface area contributed by atoms with Crippen molar-refractivity contribution < 1.29 is 19.1 Å². The molecule has 8 heteroatoms. The van der Waals surface area contributed by atoms with Crippen LogP contribution in [0.1, 0.15) is 32.7 Å². The van der Waals surface area contributed by atoms with E-state index in [0.29, 0.717) is 58.4 Å². The molecule has 3 rings (SSSR count). The number of hydrogen-bond acceptors (Lipinski definition) is 5. The molecule has 34 heavy (non-hydrogen) atoms. The fourth-order valence-corrected chi connectivity index (χ4v) is 3.64. The first kappa shape index (κ1) is 25.1. The molecular weight excluding hydrogens is 454 g/mol. The zero-order chi connectivity index (χ0) is 24.5. The number of nitrogens with two attached hydrogens (primary N) is 1. The monoisotopic (exact) mass is 481 g/mol. The number of nitrogens with one attached hydrogen (secondary N) is 1. The largest absolute Gasteiger partial charge is 0.493 e. The van der Waals surface area contributed by atoms with E-state index in [-0.39, 0.29) is 18.4 Å². The SMILES string of the molecule is COc1ccc(C(=O)N(CCCN)Cc2cc(NC(=O)c3ccccc3)ccc2Cl)cc1OC. The molecule has 0 heterocycles. The Morgan fingerprint density at radius 3 is 2.35 bits per heavy atom. The molecule has 3 N–H and O–H groups in total. The van der Waals surface area contributed by atoms with Gasteiger partial charge in [-0.05, 0) is 67.1 Å². The number of carbonyl (C=O) groups is 2. The Morgan fingerprint density at radius 2 is 1.68 bits per heavy atom. The number of anilines is 1. The topological polar surface area (TPSA) is 93.9 Å². The summed E-state index contributed by atoms with van der Waals surface area (Å²) in [6.45, 7) is 1.14. The van der Waals surface area contributed by atoms with E-state index in [0.717, 1.165) is 0 Å². The molecule has 0 atom stereocenters. The van der Waals surface area contributed by atoms with Gasteiger partial charge in [-0.25, -0.2) is 0 Å². The molecule has 2 amide bonds. The maximum Gasteiger partial charge on any atom is 0.255 e. The average molecular weight is 482 g/mol. The maximum absolute atomic E-state index is 13.4. The third-order valence-corrected chi connectivity index (χ3v) is 5.62. The molecule has 178 valence electrons. The second-order valence-corrected chi connectivity index (χ2v) is 7.97. The van der Waals surface area contributed by atoms with E-state index < -0.39 is 0 Å². The maximum atomic E-state index is 13.4. The molecule has 0 saturated carbocycles. The predicted octanol–water partition coefficient (Wildman–Crippen LogP) is 4.60. The number of nitrogens with zero attached hydrogens (tertiary/aromatic N) is 1. The first-order valence-electron chi connectivity index (χ1n) is 10.8. The Labute approximate surface area is 204 Å². The molecule has 0 aliphatic heterocycles. The molecule has 0 bridgehead atoms. The third-order valence-electron chi connectivity index (χ3n) is 5.25. The van der Waals surface area contributed by atoms with Gasteiger partial charge in [0.1, 0.15) is 0 Å². The first-order chi connectivity index (χ1) is 16.5. The molecule has 3 aromatic rings. The van der Waals surface area contributed by atoms with Crippen LogP contribution in [0.25, 0.3) is 0 Å². The van der Waals surface area contributed by atoms with Crippen LogP contribution in [0.5, 0.6) is 11.5 Å². The number of carbonyl (C=O) groups excluding carboxylic acids is 2. The van der Waals surface area contributed by atoms with Gasteiger partial charge < -0.3 is 25.4 Å². The summed E-state index contributed by atoms with van der Waals surface area (Å²) in [4.78, 5) is 27.6. The predicted molar refractivity (Wildman–Crippen MR) is 134 cm³/mol. The molecule has 0 spiro atoms. The number of ether oxygens (including phenoxy) is 2. The quantitative estimate of drug-likeness (QED) is 0.441. The van der Waals surface area contributed by atoms with Gasteiger partial charge in [-0.2, -0.15) is 0 Å². The standard InChI is InChI=1S/C26H28ClN3O4/c1-33-23-12-9-19(16-24(23)34-2)26(32)30(14-6-13-28)17-20-15-21(10-11-22(20)27)29-25(31)18-7-4-3-5-8-18/h3-5,7-12,15-16H,6,13-14,17,28H2,1-2H3,(H,29,31). The zero-order valence-electron chi connectivity index (χ0n) is 19.2. The van der Waals surface area contributed by atoms with Crippen LogP contribution < -0.4 is 20.5 Å². The Morgan fingerprint density at radius 1 is 0.941 bits per heavy atom. The highest BCUT2D eigenvalue weighted by atomic mass is 35.5. The molecule has 0 saturated heterocycles. The van der Waals surface area contributed by atoms with E-state index in [4.69, 9.17) is 26.8 Å². The first-order valence-corrected chi connectivity index (χ1v) is 11.2. The zero-order valence-corrected chi connectivity index (χ0v) is 20.0. The van der Waals surface area contributed by atoms with Gasteiger partial charge in [0.05, 0.1) is 14.2 Å². The lowest BCUT2D eigenvalue weighted by molar-refractivity contribution is 0.0741. The number of benzene rings is 3. The number of hydrogen-bond donors (Lipinski definition) is 2. The van der Waals surface area contributed by atoms with E-state index in [1.807, 2.05) is 6.07 Å². The summed E-state index contributed by atoms with van der Waals surface area (Å²) in [5.41, 5.74) is 8.01. The van der Waals surface area contributed by atoms with Gasteiger partial charge in [-0.3, -0.25) is 9.59 Å². The fourth-order valence-electron chi connectivity index (χ4n) is 3.46. The van der Waals surface area contributed by atoms with Crippen molar-refractivity contribution in [3.05, 3.63) is 88.4 Å². The molecule has 3 aromatic carbocycles. The van der Waals surface area contributed by atoms with Crippen LogP contribution in [-0.4, -0.2) is 44.0 Å². The second kappa shape index (κ2) is 12.1. The minimum Gasteiger partial charge on any atom is -0.493 e. The van der Waals surface area contributed by atoms with E-state index in [9.17, 15) is 9.59 Å². The summed E-state index contributed by atoms with van der Waals surface area (Å²) in [5.74, 6) is 0.590. The summed E-state index contributed by atoms with van der Waals surface area (Å²) >= 11 is 6.45. The summed E-state index contributed by atoms with van der Waals surface area (Å²) in [6.07, 6.45) is 0.626. The summed E-state index contributed by atoms with van der Waals surface area (Å²) in [6, 6.07) is 19.2. The van der Waals surface area contributed by atoms with E-state index in [1.54, 1.807) is 72.7 Å². The molecule has 0 aliphatic carbocycles. The van der Waals surface area contributed by atoms with Gasteiger partial charge in [0.15, 0.2) is 11.5 Å². The van der Waals surface area contributed by atoms with Gasteiger partial charge in [-0.1, -0.05) is 29.8 Å². The number of methoxy groups -OCH3 is 2. The Hall–Kier alpha value is -3.55. The van der Waals surface area contributed by atoms with Crippen LogP contribution in [0.2, 0.25) is 5.02 Å². The van der Waals surface area contributed by atoms with Crippen molar-refractivity contribution in [3.63, 3.8) is 0 Å². The summed E-state index contributed by atoms with van der Waals surface area (Å²) in [7, 11) is 3.06. The minimum atomic E-state index is -0.227. The molecule has 0 fully saturated rings. The fraction of sp³-hybridized carbons (Fsp3) is 0.231. The van der Waals surface area contributed by atoms with Crippen LogP contribution in [0.4, 0.5) is 5.69 Å². The van der Waals surface area contributed by atoms with E-state index >= 15 is 0 Å². The van der Waals surface area contributed by atoms with Crippen molar-refractivity contribution in [1.29, 1.82) is 0 Å². The highest BCUT2D eigenvalue weighted by molar-refractivity contribution is 6.31. The van der Waals surface area contributed by atoms with Crippen LogP contribution in [0.3, 0.4) is 0 Å². The highest BCUT2D eigenvalue weighted by Crippen LogP contribution is 2.29. The highest BCUT2D eigenvalue weighted by Gasteiger charge is 2.19. The van der Waals surface area contributed by atoms with Gasteiger partial charge in [0, 0.05) is 34.9 Å². The van der Waals surface area contributed by atoms with Crippen LogP contribution >= 0.6 is 11.6 Å². The molecule has 0 aromatic heterocycles. The van der Waals surface area contributed by atoms with Crippen LogP contribution in [0.15, 0.2) is 66.7 Å². The normalized spacial score (nSPS) is 10.5. The average Bonchev–Trinajstić information content (AvgIpc) is 2.87. The number of rotatable bonds is 10. The van der Waals surface area contributed by atoms with E-state index in [2.05, 4.69) is 5.32 Å². The lowest BCUT2D eigenvalue weighted by atomic mass is 10.1. The van der Waals surface area contributed by atoms with Gasteiger partial charge in [0.25, 0.3) is 11.8 Å². The van der Waals surface area contributed by atoms with Crippen molar-refractivity contribution in [2.75, 3.05) is 32.6 Å². The molecular formula is C26H28ClN3O4. The van der Waals surface area contributed by atoms with Crippen molar-refractivity contribution in [2.24, 2.45) is 5.73 Å². The lowest BCUT2D eigenvalue weighted by Gasteiger charge is -2.24. The Bertz CT molecular complexity index is 1140. The van der Waals surface area contributed by atoms with Crippen molar-refractivity contribution >= 4 is 29.1 Å². The van der Waals surface area contributed by atoms with Crippen molar-refractivity contribution in [1.82, 2.24) is 4.90 Å². The van der Waals surface area contributed by atoms with Gasteiger partial charge in [0.2, 0.25) is 0 Å². The number of amides is 2. The second-order valence-electron chi connectivity index (χ2n) is 7.57. The van der Waals surface area contributed by atoms with Gasteiger partial charge >= 0.3 is 0 Å². The van der Waals surface area contributed by atoms with Crippen molar-refractivity contribution in [2.45, 2.75) is 13.0 Å². The Kier molecular flexibility index (Phi) is 8.90. The van der Waals surface area contributed by atoms with E-state index in [1.165, 1.54) is 7.11 Å². The molecule has 0 unspecified atom stereocenters. The lowest BCUT2D eigenvalue weighted by Crippen LogP contribution is -2.32. The Balaban J connectivity index is 1.83. The van der Waals surface area contributed by atoms with Crippen LogP contribution in [0, 0.1) is 0 Å². The summed E-state index contributed by atoms with van der Waals surface area (Å²) < 4.78 is 10.6. The summed E-state index contributed by atoms with van der Waals surface area (Å²) in [5, 5.41) is 3.38. The third kappa shape index (κ3) is 6.27. The number of halogens is 1. The molecule has 0 aliphatic rings. The minimum absolute atomic E-state index is 0.191. The van der Waals surface area contributed by atoms with Crippen molar-refractivity contribution in [3.8, 4) is 11.5 Å². The molecule has 7 nitrogen and oxygen atoms in total. The van der Waals surface area contributed by atoms with Gasteiger partial charge in [-0.15, -0.1) is 0 Å². The smallest absolute Gasteiger partial charge is 0.255 e. The van der Waals surface area contributed by atoms with Crippen LogP contribution in [-0.2, 0) is 6.54 Å².